The Hall–Kier alpha value is -1.25. The molecule has 1 rings (SSSR count). The largest absolute Gasteiger partial charge is 0.361 e. The van der Waals surface area contributed by atoms with Gasteiger partial charge in [-0.1, -0.05) is 22.0 Å². The van der Waals surface area contributed by atoms with E-state index in [9.17, 15) is 4.79 Å². The summed E-state index contributed by atoms with van der Waals surface area (Å²) in [6.07, 6.45) is 0.870. The van der Waals surface area contributed by atoms with Gasteiger partial charge >= 0.3 is 6.21 Å². The molecule has 1 aromatic carbocycles. The van der Waals surface area contributed by atoms with Gasteiger partial charge in [-0.25, -0.2) is 0 Å². The van der Waals surface area contributed by atoms with Gasteiger partial charge in [0.05, 0.1) is 0 Å². The fourth-order valence-electron chi connectivity index (χ4n) is 0.942. The van der Waals surface area contributed by atoms with Crippen molar-refractivity contribution in [3.8, 4) is 0 Å². The SMILES string of the molecule is Cc1ccc(C(=O)C=[N+]=[N-])c(Br)c1. The Balaban J connectivity index is 3.16. The van der Waals surface area contributed by atoms with Gasteiger partial charge in [-0.3, -0.25) is 4.79 Å². The van der Waals surface area contributed by atoms with Gasteiger partial charge in [0, 0.05) is 10.0 Å². The lowest BCUT2D eigenvalue weighted by Gasteiger charge is -1.98. The lowest BCUT2D eigenvalue weighted by molar-refractivity contribution is 0.00234. The van der Waals surface area contributed by atoms with Crippen molar-refractivity contribution < 1.29 is 9.58 Å². The summed E-state index contributed by atoms with van der Waals surface area (Å²) in [5, 5.41) is 0. The fourth-order valence-corrected chi connectivity index (χ4v) is 1.63. The first kappa shape index (κ1) is 9.84. The van der Waals surface area contributed by atoms with E-state index in [1.807, 2.05) is 19.1 Å². The van der Waals surface area contributed by atoms with Crippen LogP contribution in [0.15, 0.2) is 22.7 Å². The van der Waals surface area contributed by atoms with Crippen LogP contribution in [0.1, 0.15) is 15.9 Å². The minimum atomic E-state index is -0.325. The first-order valence-electron chi connectivity index (χ1n) is 3.63. The maximum atomic E-state index is 11.2. The highest BCUT2D eigenvalue weighted by atomic mass is 79.9. The van der Waals surface area contributed by atoms with E-state index in [4.69, 9.17) is 5.53 Å². The summed E-state index contributed by atoms with van der Waals surface area (Å²) >= 11 is 3.25. The summed E-state index contributed by atoms with van der Waals surface area (Å²) in [6.45, 7) is 1.93. The van der Waals surface area contributed by atoms with Gasteiger partial charge in [0.25, 0.3) is 5.78 Å². The van der Waals surface area contributed by atoms with Crippen molar-refractivity contribution in [2.45, 2.75) is 6.92 Å². The van der Waals surface area contributed by atoms with Crippen molar-refractivity contribution in [2.75, 3.05) is 0 Å². The van der Waals surface area contributed by atoms with E-state index in [0.29, 0.717) is 10.0 Å². The molecule has 0 N–H and O–H groups in total. The zero-order valence-electron chi connectivity index (χ0n) is 6.99. The van der Waals surface area contributed by atoms with Crippen LogP contribution < -0.4 is 0 Å². The normalized spacial score (nSPS) is 9.08. The van der Waals surface area contributed by atoms with Crippen molar-refractivity contribution in [3.63, 3.8) is 0 Å². The Labute approximate surface area is 84.1 Å². The molecule has 0 aromatic heterocycles. The third kappa shape index (κ3) is 2.34. The number of nitrogens with zero attached hydrogens (tertiary/aromatic N) is 2. The van der Waals surface area contributed by atoms with E-state index in [1.54, 1.807) is 6.07 Å². The van der Waals surface area contributed by atoms with E-state index < -0.39 is 0 Å². The number of hydrogen-bond acceptors (Lipinski definition) is 1. The first-order chi connectivity index (χ1) is 6.15. The maximum absolute atomic E-state index is 11.2. The van der Waals surface area contributed by atoms with E-state index in [0.717, 1.165) is 11.8 Å². The highest BCUT2D eigenvalue weighted by molar-refractivity contribution is 9.10. The van der Waals surface area contributed by atoms with Gasteiger partial charge in [0.15, 0.2) is 0 Å². The zero-order valence-corrected chi connectivity index (χ0v) is 8.58. The second-order valence-corrected chi connectivity index (χ2v) is 3.45. The van der Waals surface area contributed by atoms with Crippen LogP contribution in [0, 0.1) is 6.92 Å². The second-order valence-electron chi connectivity index (χ2n) is 2.59. The highest BCUT2D eigenvalue weighted by Gasteiger charge is 2.10. The van der Waals surface area contributed by atoms with Crippen molar-refractivity contribution >= 4 is 27.9 Å². The van der Waals surface area contributed by atoms with E-state index in [1.165, 1.54) is 0 Å². The standard InChI is InChI=1S/C9H7BrN2O/c1-6-2-3-7(8(10)4-6)9(13)5-12-11/h2-5H,1H3. The second kappa shape index (κ2) is 4.12. The summed E-state index contributed by atoms with van der Waals surface area (Å²) in [5.74, 6) is -0.325. The van der Waals surface area contributed by atoms with Gasteiger partial charge in [0.2, 0.25) is 0 Å². The number of ketones is 1. The van der Waals surface area contributed by atoms with Crippen LogP contribution in [-0.2, 0) is 0 Å². The third-order valence-corrected chi connectivity index (χ3v) is 2.22. The third-order valence-electron chi connectivity index (χ3n) is 1.57. The lowest BCUT2D eigenvalue weighted by Crippen LogP contribution is -2.01. The Morgan fingerprint density at radius 1 is 1.62 bits per heavy atom. The molecule has 3 nitrogen and oxygen atoms in total. The summed E-state index contributed by atoms with van der Waals surface area (Å²) in [5.41, 5.74) is 9.73. The van der Waals surface area contributed by atoms with Crippen molar-refractivity contribution in [3.05, 3.63) is 39.3 Å². The molecule has 0 saturated carbocycles. The van der Waals surface area contributed by atoms with Crippen LogP contribution in [-0.4, -0.2) is 16.8 Å². The monoisotopic (exact) mass is 238 g/mol. The summed E-state index contributed by atoms with van der Waals surface area (Å²) in [4.78, 5) is 13.9. The summed E-state index contributed by atoms with van der Waals surface area (Å²) in [7, 11) is 0. The molecule has 0 radical (unpaired) electrons. The molecule has 13 heavy (non-hydrogen) atoms. The Morgan fingerprint density at radius 3 is 2.85 bits per heavy atom. The van der Waals surface area contributed by atoms with Gasteiger partial charge in [-0.15, -0.1) is 0 Å². The van der Waals surface area contributed by atoms with Crippen molar-refractivity contribution in [1.82, 2.24) is 0 Å². The number of rotatable bonds is 2. The average Bonchev–Trinajstić information content (AvgIpc) is 2.04. The van der Waals surface area contributed by atoms with E-state index in [2.05, 4.69) is 20.7 Å². The van der Waals surface area contributed by atoms with Gasteiger partial charge in [-0.05, 0) is 24.6 Å². The predicted molar refractivity (Wildman–Crippen MR) is 52.9 cm³/mol. The number of hydrogen-bond donors (Lipinski definition) is 0. The topological polar surface area (TPSA) is 53.5 Å². The van der Waals surface area contributed by atoms with E-state index in [-0.39, 0.29) is 5.78 Å². The maximum Gasteiger partial charge on any atom is 0.328 e. The molecule has 0 aliphatic rings. The number of carbonyl (C=O) groups excluding carboxylic acids is 1. The highest BCUT2D eigenvalue weighted by Crippen LogP contribution is 2.18. The minimum Gasteiger partial charge on any atom is -0.361 e. The number of carbonyl (C=O) groups is 1. The lowest BCUT2D eigenvalue weighted by atomic mass is 10.1. The molecule has 4 heteroatoms. The van der Waals surface area contributed by atoms with Crippen LogP contribution in [0.25, 0.3) is 5.53 Å². The fraction of sp³-hybridized carbons (Fsp3) is 0.111. The number of Topliss-reactive ketones (excluding diaryl/α,β-unsaturated/α-hetero) is 1. The van der Waals surface area contributed by atoms with Gasteiger partial charge < -0.3 is 5.53 Å². The van der Waals surface area contributed by atoms with Crippen molar-refractivity contribution in [1.29, 1.82) is 0 Å². The molecule has 0 saturated heterocycles. The molecule has 0 aliphatic heterocycles. The van der Waals surface area contributed by atoms with Crippen LogP contribution in [0.2, 0.25) is 0 Å². The number of benzene rings is 1. The molecule has 0 amide bonds. The molecule has 66 valence electrons. The Kier molecular flexibility index (Phi) is 3.12. The number of halogens is 1. The van der Waals surface area contributed by atoms with Crippen LogP contribution in [0.4, 0.5) is 0 Å². The molecule has 1 aromatic rings. The smallest absolute Gasteiger partial charge is 0.328 e. The molecular weight excluding hydrogens is 232 g/mol. The quantitative estimate of drug-likeness (QED) is 0.338. The summed E-state index contributed by atoms with van der Waals surface area (Å²) < 4.78 is 0.706. The molecule has 0 bridgehead atoms. The molecule has 0 atom stereocenters. The first-order valence-corrected chi connectivity index (χ1v) is 4.42. The van der Waals surface area contributed by atoms with Gasteiger partial charge in [0.1, 0.15) is 0 Å². The number of aryl methyl sites for hydroxylation is 1. The Morgan fingerprint density at radius 2 is 2.31 bits per heavy atom. The van der Waals surface area contributed by atoms with Crippen LogP contribution in [0.3, 0.4) is 0 Å². The summed E-state index contributed by atoms with van der Waals surface area (Å²) in [6, 6.07) is 5.34. The molecular formula is C9H7BrN2O. The predicted octanol–water partition coefficient (Wildman–Crippen LogP) is 2.24. The zero-order chi connectivity index (χ0) is 9.84. The molecule has 0 spiro atoms. The molecule has 0 heterocycles. The average molecular weight is 239 g/mol. The molecule has 0 fully saturated rings. The van der Waals surface area contributed by atoms with Crippen molar-refractivity contribution in [2.24, 2.45) is 0 Å². The van der Waals surface area contributed by atoms with Crippen LogP contribution in [0.5, 0.6) is 0 Å². The molecule has 0 aliphatic carbocycles. The van der Waals surface area contributed by atoms with Crippen LogP contribution >= 0.6 is 15.9 Å². The minimum absolute atomic E-state index is 0.325. The Bertz CT molecular complexity index is 395. The van der Waals surface area contributed by atoms with Gasteiger partial charge in [-0.2, -0.15) is 4.79 Å². The van der Waals surface area contributed by atoms with E-state index >= 15 is 0 Å². The molecule has 0 unspecified atom stereocenters.